The number of hydrogen-bond donors (Lipinski definition) is 1. The minimum absolute atomic E-state index is 0.669. The largest absolute Gasteiger partial charge is 0.496 e. The van der Waals surface area contributed by atoms with Gasteiger partial charge < -0.3 is 9.72 Å². The summed E-state index contributed by atoms with van der Waals surface area (Å²) in [6.07, 6.45) is 3.87. The van der Waals surface area contributed by atoms with Crippen LogP contribution in [0.4, 0.5) is 0 Å². The van der Waals surface area contributed by atoms with Crippen LogP contribution in [0.5, 0.6) is 0 Å². The van der Waals surface area contributed by atoms with Gasteiger partial charge in [-0.15, -0.1) is 0 Å². The monoisotopic (exact) mass is 176 g/mol. The van der Waals surface area contributed by atoms with Crippen LogP contribution in [0.2, 0.25) is 0 Å². The molecule has 1 N–H and O–H groups in total. The fraction of sp³-hybridized carbons (Fsp3) is 0.300. The van der Waals surface area contributed by atoms with E-state index in [1.54, 1.807) is 0 Å². The normalized spacial score (nSPS) is 15.5. The summed E-state index contributed by atoms with van der Waals surface area (Å²) in [5, 5.41) is 0. The van der Waals surface area contributed by atoms with Crippen molar-refractivity contribution in [2.75, 3.05) is 13.2 Å². The predicted octanol–water partition coefficient (Wildman–Crippen LogP) is 1.74. The number of rotatable bonds is 3. The Bertz CT molecular complexity index is 336. The van der Waals surface area contributed by atoms with Crippen LogP contribution in [0, 0.1) is 0 Å². The van der Waals surface area contributed by atoms with E-state index >= 15 is 0 Å². The summed E-state index contributed by atoms with van der Waals surface area (Å²) >= 11 is 0. The average molecular weight is 176 g/mol. The van der Waals surface area contributed by atoms with Gasteiger partial charge in [0.1, 0.15) is 5.76 Å². The molecule has 0 aliphatic carbocycles. The van der Waals surface area contributed by atoms with E-state index in [1.807, 2.05) is 31.3 Å². The highest BCUT2D eigenvalue weighted by Gasteiger charge is 2.10. The quantitative estimate of drug-likeness (QED) is 0.748. The third-order valence-electron chi connectivity index (χ3n) is 1.91. The topological polar surface area (TPSA) is 37.4 Å². The Morgan fingerprint density at radius 1 is 1.62 bits per heavy atom. The number of ether oxygens (including phenoxy) is 1. The van der Waals surface area contributed by atoms with Crippen LogP contribution >= 0.6 is 0 Å². The van der Waals surface area contributed by atoms with Crippen molar-refractivity contribution in [1.29, 1.82) is 0 Å². The molecule has 0 unspecified atom stereocenters. The third-order valence-corrected chi connectivity index (χ3v) is 1.91. The Balaban J connectivity index is 2.12. The molecule has 0 radical (unpaired) electrons. The van der Waals surface area contributed by atoms with Crippen molar-refractivity contribution in [3.05, 3.63) is 35.9 Å². The van der Waals surface area contributed by atoms with Gasteiger partial charge in [0, 0.05) is 12.3 Å². The molecule has 2 heterocycles. The zero-order valence-electron chi connectivity index (χ0n) is 7.58. The van der Waals surface area contributed by atoms with Crippen LogP contribution in [-0.2, 0) is 4.74 Å². The van der Waals surface area contributed by atoms with E-state index in [0.717, 1.165) is 17.2 Å². The van der Waals surface area contributed by atoms with Gasteiger partial charge in [-0.3, -0.25) is 4.99 Å². The van der Waals surface area contributed by atoms with Gasteiger partial charge in [-0.05, 0) is 19.1 Å². The van der Waals surface area contributed by atoms with Crippen LogP contribution in [0.25, 0.3) is 0 Å². The van der Waals surface area contributed by atoms with Gasteiger partial charge in [0.2, 0.25) is 0 Å². The Kier molecular flexibility index (Phi) is 2.17. The Morgan fingerprint density at radius 3 is 3.23 bits per heavy atom. The van der Waals surface area contributed by atoms with Crippen molar-refractivity contribution >= 4 is 5.71 Å². The Morgan fingerprint density at radius 2 is 2.54 bits per heavy atom. The molecule has 2 rings (SSSR count). The lowest BCUT2D eigenvalue weighted by Gasteiger charge is -1.99. The molecule has 0 spiro atoms. The van der Waals surface area contributed by atoms with Crippen molar-refractivity contribution in [3.8, 4) is 0 Å². The maximum Gasteiger partial charge on any atom is 0.120 e. The summed E-state index contributed by atoms with van der Waals surface area (Å²) in [4.78, 5) is 7.46. The number of aliphatic imine (C=N–C) groups is 1. The number of hydrogen-bond acceptors (Lipinski definition) is 2. The van der Waals surface area contributed by atoms with Crippen LogP contribution in [0.3, 0.4) is 0 Å². The van der Waals surface area contributed by atoms with Gasteiger partial charge in [0.05, 0.1) is 24.6 Å². The molecular weight excluding hydrogens is 164 g/mol. The highest BCUT2D eigenvalue weighted by Crippen LogP contribution is 2.11. The fourth-order valence-corrected chi connectivity index (χ4v) is 1.33. The molecule has 0 saturated carbocycles. The maximum absolute atomic E-state index is 5.36. The average Bonchev–Trinajstić information content (AvgIpc) is 2.70. The van der Waals surface area contributed by atoms with Crippen molar-refractivity contribution in [3.63, 3.8) is 0 Å². The van der Waals surface area contributed by atoms with Gasteiger partial charge in [0.15, 0.2) is 0 Å². The Hall–Kier alpha value is -1.51. The second-order valence-corrected chi connectivity index (χ2v) is 2.83. The van der Waals surface area contributed by atoms with E-state index in [4.69, 9.17) is 4.74 Å². The van der Waals surface area contributed by atoms with E-state index in [2.05, 4.69) is 9.98 Å². The number of nitrogens with one attached hydrogen (secondary N) is 1. The van der Waals surface area contributed by atoms with Gasteiger partial charge in [-0.25, -0.2) is 0 Å². The SMILES string of the molecule is CCOC1=CC(c2ccc[nH]2)=NC1. The van der Waals surface area contributed by atoms with Gasteiger partial charge in [0.25, 0.3) is 0 Å². The minimum Gasteiger partial charge on any atom is -0.496 e. The molecule has 0 saturated heterocycles. The van der Waals surface area contributed by atoms with E-state index in [-0.39, 0.29) is 0 Å². The number of aromatic amines is 1. The molecular formula is C10H12N2O. The molecule has 3 heteroatoms. The van der Waals surface area contributed by atoms with Crippen LogP contribution in [0.15, 0.2) is 35.2 Å². The van der Waals surface area contributed by atoms with Crippen molar-refractivity contribution in [2.45, 2.75) is 6.92 Å². The molecule has 0 fully saturated rings. The second kappa shape index (κ2) is 3.47. The first-order valence-corrected chi connectivity index (χ1v) is 4.41. The zero-order chi connectivity index (χ0) is 9.10. The first-order chi connectivity index (χ1) is 6.40. The van der Waals surface area contributed by atoms with E-state index < -0.39 is 0 Å². The molecule has 0 bridgehead atoms. The third kappa shape index (κ3) is 1.64. The van der Waals surface area contributed by atoms with Gasteiger partial charge in [-0.1, -0.05) is 0 Å². The first-order valence-electron chi connectivity index (χ1n) is 4.41. The summed E-state index contributed by atoms with van der Waals surface area (Å²) in [5.74, 6) is 0.951. The van der Waals surface area contributed by atoms with Crippen LogP contribution < -0.4 is 0 Å². The smallest absolute Gasteiger partial charge is 0.120 e. The van der Waals surface area contributed by atoms with Crippen molar-refractivity contribution in [1.82, 2.24) is 4.98 Å². The summed E-state index contributed by atoms with van der Waals surface area (Å²) in [6.45, 7) is 3.36. The van der Waals surface area contributed by atoms with Crippen molar-refractivity contribution < 1.29 is 4.74 Å². The lowest BCUT2D eigenvalue weighted by atomic mass is 10.3. The number of H-pyrrole nitrogens is 1. The lowest BCUT2D eigenvalue weighted by Crippen LogP contribution is -1.94. The van der Waals surface area contributed by atoms with Gasteiger partial charge in [-0.2, -0.15) is 0 Å². The lowest BCUT2D eigenvalue weighted by molar-refractivity contribution is 0.229. The summed E-state index contributed by atoms with van der Waals surface area (Å²) in [6, 6.07) is 3.97. The summed E-state index contributed by atoms with van der Waals surface area (Å²) in [7, 11) is 0. The molecule has 1 aromatic heterocycles. The van der Waals surface area contributed by atoms with Crippen molar-refractivity contribution in [2.24, 2.45) is 4.99 Å². The fourth-order valence-electron chi connectivity index (χ4n) is 1.33. The van der Waals surface area contributed by atoms with Gasteiger partial charge >= 0.3 is 0 Å². The Labute approximate surface area is 77.1 Å². The highest BCUT2D eigenvalue weighted by atomic mass is 16.5. The van der Waals surface area contributed by atoms with E-state index in [0.29, 0.717) is 13.2 Å². The molecule has 3 nitrogen and oxygen atoms in total. The molecule has 0 aromatic carbocycles. The number of nitrogens with zero attached hydrogens (tertiary/aromatic N) is 1. The zero-order valence-corrected chi connectivity index (χ0v) is 7.58. The highest BCUT2D eigenvalue weighted by molar-refractivity contribution is 6.09. The van der Waals surface area contributed by atoms with Crippen LogP contribution in [-0.4, -0.2) is 23.8 Å². The van der Waals surface area contributed by atoms with E-state index in [1.165, 1.54) is 0 Å². The van der Waals surface area contributed by atoms with Crippen LogP contribution in [0.1, 0.15) is 12.6 Å². The predicted molar refractivity (Wildman–Crippen MR) is 51.9 cm³/mol. The molecule has 1 aromatic rings. The maximum atomic E-state index is 5.36. The minimum atomic E-state index is 0.669. The summed E-state index contributed by atoms with van der Waals surface area (Å²) in [5.41, 5.74) is 2.03. The first kappa shape index (κ1) is 8.10. The van der Waals surface area contributed by atoms with E-state index in [9.17, 15) is 0 Å². The standard InChI is InChI=1S/C10H12N2O/c1-2-13-8-6-10(12-7-8)9-4-3-5-11-9/h3-6,11H,2,7H2,1H3. The molecule has 68 valence electrons. The molecule has 0 atom stereocenters. The molecule has 1 aliphatic heterocycles. The summed E-state index contributed by atoms with van der Waals surface area (Å²) < 4.78 is 5.36. The molecule has 13 heavy (non-hydrogen) atoms. The molecule has 0 amide bonds. The number of aromatic nitrogens is 1. The number of allylic oxidation sites excluding steroid dienone is 1. The second-order valence-electron chi connectivity index (χ2n) is 2.83. The molecule has 1 aliphatic rings.